The van der Waals surface area contributed by atoms with Crippen LogP contribution in [0.2, 0.25) is 5.02 Å². The molecule has 1 fully saturated rings. The van der Waals surface area contributed by atoms with Crippen LogP contribution in [0.1, 0.15) is 31.2 Å². The van der Waals surface area contributed by atoms with Gasteiger partial charge in [0.2, 0.25) is 5.95 Å². The number of nitrogens with two attached hydrogens (primary N) is 1. The average molecular weight is 357 g/mol. The molecule has 0 radical (unpaired) electrons. The number of halogens is 1. The first-order valence-electron chi connectivity index (χ1n) is 8.59. The highest BCUT2D eigenvalue weighted by atomic mass is 35.5. The molecule has 3 N–H and O–H groups in total. The first-order valence-corrected chi connectivity index (χ1v) is 8.96. The van der Waals surface area contributed by atoms with Gasteiger partial charge in [0, 0.05) is 18.3 Å². The quantitative estimate of drug-likeness (QED) is 0.751. The normalized spacial score (nSPS) is 20.8. The van der Waals surface area contributed by atoms with Gasteiger partial charge in [-0.3, -0.25) is 4.40 Å². The van der Waals surface area contributed by atoms with Crippen LogP contribution < -0.4 is 11.1 Å². The summed E-state index contributed by atoms with van der Waals surface area (Å²) in [6.45, 7) is 2.05. The monoisotopic (exact) mass is 356 g/mol. The highest BCUT2D eigenvalue weighted by Gasteiger charge is 2.20. The second-order valence-corrected chi connectivity index (χ2v) is 7.13. The second-order valence-electron chi connectivity index (χ2n) is 6.72. The molecule has 0 aliphatic heterocycles. The molecule has 0 amide bonds. The summed E-state index contributed by atoms with van der Waals surface area (Å²) in [5.41, 5.74) is 9.54. The van der Waals surface area contributed by atoms with Crippen LogP contribution in [0, 0.1) is 6.92 Å². The summed E-state index contributed by atoms with van der Waals surface area (Å²) in [7, 11) is 0. The third-order valence-corrected chi connectivity index (χ3v) is 5.02. The lowest BCUT2D eigenvalue weighted by Gasteiger charge is -2.26. The largest absolute Gasteiger partial charge is 0.351 e. The number of aromatic nitrogens is 4. The fourth-order valence-electron chi connectivity index (χ4n) is 3.32. The third kappa shape index (κ3) is 3.32. The number of imidazole rings is 1. The Kier molecular flexibility index (Phi) is 4.31. The van der Waals surface area contributed by atoms with E-state index in [1.165, 1.54) is 0 Å². The maximum atomic E-state index is 6.38. The van der Waals surface area contributed by atoms with Gasteiger partial charge in [-0.1, -0.05) is 17.7 Å². The molecule has 6 nitrogen and oxygen atoms in total. The maximum absolute atomic E-state index is 6.38. The number of nitrogens with one attached hydrogen (secondary N) is 1. The summed E-state index contributed by atoms with van der Waals surface area (Å²) < 4.78 is 2.01. The molecule has 0 aromatic carbocycles. The van der Waals surface area contributed by atoms with Gasteiger partial charge in [-0.25, -0.2) is 15.0 Å². The zero-order valence-corrected chi connectivity index (χ0v) is 14.9. The van der Waals surface area contributed by atoms with Crippen molar-refractivity contribution < 1.29 is 0 Å². The number of nitrogens with zero attached hydrogens (tertiary/aromatic N) is 4. The first-order chi connectivity index (χ1) is 12.1. The molecular weight excluding hydrogens is 336 g/mol. The van der Waals surface area contributed by atoms with Crippen molar-refractivity contribution in [2.45, 2.75) is 44.7 Å². The van der Waals surface area contributed by atoms with Crippen LogP contribution >= 0.6 is 11.6 Å². The Morgan fingerprint density at radius 3 is 2.76 bits per heavy atom. The van der Waals surface area contributed by atoms with Crippen molar-refractivity contribution >= 4 is 23.2 Å². The summed E-state index contributed by atoms with van der Waals surface area (Å²) in [5.74, 6) is 0.600. The molecule has 25 heavy (non-hydrogen) atoms. The van der Waals surface area contributed by atoms with Crippen LogP contribution in [0.25, 0.3) is 17.0 Å². The third-order valence-electron chi connectivity index (χ3n) is 4.75. The first kappa shape index (κ1) is 16.3. The average Bonchev–Trinajstić information content (AvgIpc) is 3.01. The molecule has 3 aromatic rings. The Balaban J connectivity index is 1.66. The molecule has 0 saturated heterocycles. The summed E-state index contributed by atoms with van der Waals surface area (Å²) in [6.07, 6.45) is 9.62. The highest BCUT2D eigenvalue weighted by Crippen LogP contribution is 2.28. The van der Waals surface area contributed by atoms with Gasteiger partial charge in [0.1, 0.15) is 11.3 Å². The smallest absolute Gasteiger partial charge is 0.223 e. The number of hydrogen-bond acceptors (Lipinski definition) is 5. The van der Waals surface area contributed by atoms with E-state index in [4.69, 9.17) is 17.3 Å². The lowest BCUT2D eigenvalue weighted by atomic mass is 9.92. The van der Waals surface area contributed by atoms with E-state index >= 15 is 0 Å². The molecular formula is C18H21ClN6. The Bertz CT molecular complexity index is 898. The minimum atomic E-state index is 0.321. The fraction of sp³-hybridized carbons (Fsp3) is 0.389. The van der Waals surface area contributed by atoms with Gasteiger partial charge >= 0.3 is 0 Å². The van der Waals surface area contributed by atoms with Crippen LogP contribution in [-0.2, 0) is 0 Å². The van der Waals surface area contributed by atoms with Crippen LogP contribution in [0.4, 0.5) is 5.95 Å². The van der Waals surface area contributed by atoms with Crippen molar-refractivity contribution in [1.29, 1.82) is 0 Å². The molecule has 1 saturated carbocycles. The minimum absolute atomic E-state index is 0.321. The number of fused-ring (bicyclic) bond motifs is 1. The zero-order valence-electron chi connectivity index (χ0n) is 14.1. The van der Waals surface area contributed by atoms with Crippen molar-refractivity contribution in [3.05, 3.63) is 41.3 Å². The van der Waals surface area contributed by atoms with Crippen molar-refractivity contribution in [1.82, 2.24) is 19.4 Å². The van der Waals surface area contributed by atoms with Crippen LogP contribution in [-0.4, -0.2) is 31.4 Å². The van der Waals surface area contributed by atoms with Gasteiger partial charge in [-0.15, -0.1) is 0 Å². The zero-order chi connectivity index (χ0) is 17.4. The topological polar surface area (TPSA) is 81.1 Å². The molecule has 1 aliphatic carbocycles. The molecule has 0 spiro atoms. The Labute approximate surface area is 151 Å². The minimum Gasteiger partial charge on any atom is -0.351 e. The molecule has 4 rings (SSSR count). The summed E-state index contributed by atoms with van der Waals surface area (Å²) in [5, 5.41) is 3.94. The summed E-state index contributed by atoms with van der Waals surface area (Å²) in [4.78, 5) is 13.4. The lowest BCUT2D eigenvalue weighted by molar-refractivity contribution is 0.410. The molecule has 3 heterocycles. The predicted octanol–water partition coefficient (Wildman–Crippen LogP) is 3.43. The molecule has 0 bridgehead atoms. The van der Waals surface area contributed by atoms with E-state index in [9.17, 15) is 0 Å². The predicted molar refractivity (Wildman–Crippen MR) is 99.8 cm³/mol. The Morgan fingerprint density at radius 2 is 1.96 bits per heavy atom. The molecule has 7 heteroatoms. The number of pyridine rings is 1. The van der Waals surface area contributed by atoms with Crippen LogP contribution in [0.3, 0.4) is 0 Å². The van der Waals surface area contributed by atoms with Gasteiger partial charge < -0.3 is 11.1 Å². The molecule has 0 atom stereocenters. The molecule has 1 aliphatic rings. The van der Waals surface area contributed by atoms with E-state index in [-0.39, 0.29) is 0 Å². The molecule has 3 aromatic heterocycles. The van der Waals surface area contributed by atoms with E-state index in [0.29, 0.717) is 28.7 Å². The summed E-state index contributed by atoms with van der Waals surface area (Å²) in [6, 6.07) is 4.70. The second kappa shape index (κ2) is 6.61. The number of rotatable bonds is 3. The van der Waals surface area contributed by atoms with Crippen molar-refractivity contribution in [2.24, 2.45) is 5.73 Å². The molecule has 130 valence electrons. The van der Waals surface area contributed by atoms with Crippen molar-refractivity contribution in [3.8, 4) is 11.4 Å². The Hall–Kier alpha value is -2.18. The summed E-state index contributed by atoms with van der Waals surface area (Å²) >= 11 is 6.38. The van der Waals surface area contributed by atoms with Crippen molar-refractivity contribution in [2.75, 3.05) is 5.32 Å². The number of anilines is 1. The van der Waals surface area contributed by atoms with Crippen LogP contribution in [0.15, 0.2) is 30.7 Å². The lowest BCUT2D eigenvalue weighted by Crippen LogP contribution is -2.33. The number of aryl methyl sites for hydroxylation is 1. The highest BCUT2D eigenvalue weighted by molar-refractivity contribution is 6.32. The standard InChI is InChI=1S/C18H21ClN6/c1-11-2-7-16-21-9-15(25(16)10-11)17-14(19)8-22-18(24-17)23-13-5-3-12(20)4-6-13/h2,7-10,12-13H,3-6,20H2,1H3,(H,22,23,24). The van der Waals surface area contributed by atoms with Gasteiger partial charge in [-0.05, 0) is 44.2 Å². The Morgan fingerprint density at radius 1 is 1.16 bits per heavy atom. The van der Waals surface area contributed by atoms with E-state index in [1.807, 2.05) is 29.7 Å². The van der Waals surface area contributed by atoms with E-state index < -0.39 is 0 Å². The van der Waals surface area contributed by atoms with E-state index in [1.54, 1.807) is 12.4 Å². The van der Waals surface area contributed by atoms with Gasteiger partial charge in [-0.2, -0.15) is 0 Å². The number of hydrogen-bond donors (Lipinski definition) is 2. The van der Waals surface area contributed by atoms with Crippen LogP contribution in [0.5, 0.6) is 0 Å². The molecule has 0 unspecified atom stereocenters. The SMILES string of the molecule is Cc1ccc2ncc(-c3nc(NC4CCC(N)CC4)ncc3Cl)n2c1. The fourth-order valence-corrected chi connectivity index (χ4v) is 3.51. The van der Waals surface area contributed by atoms with Gasteiger partial charge in [0.25, 0.3) is 0 Å². The van der Waals surface area contributed by atoms with E-state index in [2.05, 4.69) is 20.3 Å². The van der Waals surface area contributed by atoms with Crippen molar-refractivity contribution in [3.63, 3.8) is 0 Å². The van der Waals surface area contributed by atoms with E-state index in [0.717, 1.165) is 42.6 Å². The van der Waals surface area contributed by atoms with Gasteiger partial charge in [0.05, 0.1) is 23.1 Å². The van der Waals surface area contributed by atoms with Gasteiger partial charge in [0.15, 0.2) is 0 Å². The maximum Gasteiger partial charge on any atom is 0.223 e.